The van der Waals surface area contributed by atoms with Crippen molar-refractivity contribution in [2.45, 2.75) is 125 Å². The number of nitrogens with zero attached hydrogens (tertiary/aromatic N) is 2. The molecule has 0 aliphatic carbocycles. The molecule has 10 heteroatoms. The standard InChI is InChI=1S/C14H25NO3.C11H23NO2.C6H15N.C3H3ClO/c1-6-12(16)15(5)11-9-7-8-10-13(17)18-14(2,3)4;1-11(2,3)14-10(13)8-6-5-7-9-12-4;1-4-7(5-2)6-3;1-2-3(4)5/h6H,1,7-11H2,2-5H3;12H,5-9H2,1-4H3;4-6H2,1-3H3;2H,1H2. The molecule has 9 nitrogen and oxygen atoms in total. The van der Waals surface area contributed by atoms with Gasteiger partial charge in [-0.05, 0) is 124 Å². The van der Waals surface area contributed by atoms with Crippen LogP contribution in [0.4, 0.5) is 0 Å². The number of halogens is 1. The van der Waals surface area contributed by atoms with Crippen LogP contribution in [0.2, 0.25) is 0 Å². The summed E-state index contributed by atoms with van der Waals surface area (Å²) in [7, 11) is 3.69. The minimum absolute atomic E-state index is 0.0675. The van der Waals surface area contributed by atoms with Gasteiger partial charge in [0, 0.05) is 26.4 Å². The Morgan fingerprint density at radius 3 is 1.39 bits per heavy atom. The molecule has 0 aromatic heterocycles. The molecule has 1 amide bonds. The first-order valence-corrected chi connectivity index (χ1v) is 16.2. The van der Waals surface area contributed by atoms with Crippen LogP contribution in [0.25, 0.3) is 0 Å². The zero-order valence-electron chi connectivity index (χ0n) is 30.0. The van der Waals surface area contributed by atoms with Gasteiger partial charge >= 0.3 is 11.9 Å². The molecule has 0 aliphatic rings. The fraction of sp³-hybridized carbons (Fsp3) is 0.765. The molecule has 0 aromatic carbocycles. The van der Waals surface area contributed by atoms with Crippen molar-refractivity contribution >= 4 is 34.7 Å². The van der Waals surface area contributed by atoms with Gasteiger partial charge in [0.25, 0.3) is 0 Å². The molecule has 0 atom stereocenters. The molecule has 1 N–H and O–H groups in total. The molecule has 0 heterocycles. The minimum Gasteiger partial charge on any atom is -0.460 e. The Kier molecular flexibility index (Phi) is 34.0. The molecule has 0 aromatic rings. The Bertz CT molecular complexity index is 766. The topological polar surface area (TPSA) is 105 Å². The summed E-state index contributed by atoms with van der Waals surface area (Å²) in [6.07, 6.45) is 9.06. The molecule has 0 fully saturated rings. The molecule has 0 spiro atoms. The van der Waals surface area contributed by atoms with Crippen LogP contribution in [-0.2, 0) is 28.7 Å². The van der Waals surface area contributed by atoms with E-state index in [0.29, 0.717) is 19.4 Å². The van der Waals surface area contributed by atoms with Gasteiger partial charge < -0.3 is 24.6 Å². The van der Waals surface area contributed by atoms with Crippen LogP contribution in [0.15, 0.2) is 25.3 Å². The van der Waals surface area contributed by atoms with E-state index in [-0.39, 0.29) is 23.4 Å². The van der Waals surface area contributed by atoms with Crippen molar-refractivity contribution in [2.24, 2.45) is 0 Å². The highest BCUT2D eigenvalue weighted by Gasteiger charge is 2.16. The van der Waals surface area contributed by atoms with Crippen molar-refractivity contribution in [3.63, 3.8) is 0 Å². The maximum Gasteiger partial charge on any atom is 0.306 e. The highest BCUT2D eigenvalue weighted by Crippen LogP contribution is 2.11. The van der Waals surface area contributed by atoms with Crippen molar-refractivity contribution in [2.75, 3.05) is 46.8 Å². The van der Waals surface area contributed by atoms with Gasteiger partial charge in [0.15, 0.2) is 0 Å². The molecule has 0 unspecified atom stereocenters. The Morgan fingerprint density at radius 2 is 1.11 bits per heavy atom. The third-order valence-corrected chi connectivity index (χ3v) is 5.73. The van der Waals surface area contributed by atoms with E-state index in [0.717, 1.165) is 51.1 Å². The molecule has 44 heavy (non-hydrogen) atoms. The van der Waals surface area contributed by atoms with Gasteiger partial charge in [0.05, 0.1) is 0 Å². The predicted molar refractivity (Wildman–Crippen MR) is 185 cm³/mol. The second-order valence-corrected chi connectivity index (χ2v) is 12.4. The molecular weight excluding hydrogens is 582 g/mol. The number of carbonyl (C=O) groups excluding carboxylic acids is 4. The van der Waals surface area contributed by atoms with E-state index < -0.39 is 10.8 Å². The first kappa shape index (κ1) is 48.7. The number of hydrogen-bond acceptors (Lipinski definition) is 8. The number of esters is 2. The fourth-order valence-electron chi connectivity index (χ4n) is 3.26. The number of unbranched alkanes of at least 4 members (excludes halogenated alkanes) is 4. The van der Waals surface area contributed by atoms with Crippen LogP contribution in [-0.4, -0.2) is 90.9 Å². The number of likely N-dealkylation sites (N-methyl/N-ethyl adjacent to an activating group) is 1. The summed E-state index contributed by atoms with van der Waals surface area (Å²) < 4.78 is 10.4. The van der Waals surface area contributed by atoms with Crippen LogP contribution < -0.4 is 5.32 Å². The number of ether oxygens (including phenoxy) is 2. The summed E-state index contributed by atoms with van der Waals surface area (Å²) >= 11 is 4.71. The fourth-order valence-corrected chi connectivity index (χ4v) is 3.26. The lowest BCUT2D eigenvalue weighted by atomic mass is 10.1. The Balaban J connectivity index is -0.000000270. The lowest BCUT2D eigenvalue weighted by Crippen LogP contribution is -2.25. The normalized spacial score (nSPS) is 10.5. The van der Waals surface area contributed by atoms with Gasteiger partial charge in [-0.1, -0.05) is 46.8 Å². The molecule has 0 saturated carbocycles. The first-order valence-electron chi connectivity index (χ1n) is 15.8. The number of amides is 1. The number of carbonyl (C=O) groups is 4. The molecule has 260 valence electrons. The average Bonchev–Trinajstić information content (AvgIpc) is 2.92. The Morgan fingerprint density at radius 1 is 0.727 bits per heavy atom. The first-order chi connectivity index (χ1) is 20.3. The summed E-state index contributed by atoms with van der Waals surface area (Å²) in [5.41, 5.74) is -0.754. The molecule has 0 saturated heterocycles. The van der Waals surface area contributed by atoms with Crippen LogP contribution in [0.3, 0.4) is 0 Å². The Labute approximate surface area is 275 Å². The van der Waals surface area contributed by atoms with Crippen molar-refractivity contribution in [3.8, 4) is 0 Å². The lowest BCUT2D eigenvalue weighted by Gasteiger charge is -2.19. The highest BCUT2D eigenvalue weighted by atomic mass is 35.5. The third-order valence-electron chi connectivity index (χ3n) is 5.58. The summed E-state index contributed by atoms with van der Waals surface area (Å²) in [6, 6.07) is 0. The van der Waals surface area contributed by atoms with E-state index in [1.54, 1.807) is 11.9 Å². The van der Waals surface area contributed by atoms with Crippen molar-refractivity contribution in [1.82, 2.24) is 15.1 Å². The van der Waals surface area contributed by atoms with Crippen molar-refractivity contribution in [3.05, 3.63) is 25.3 Å². The molecule has 0 rings (SSSR count). The van der Waals surface area contributed by atoms with Crippen molar-refractivity contribution in [1.29, 1.82) is 0 Å². The highest BCUT2D eigenvalue weighted by molar-refractivity contribution is 6.66. The zero-order valence-corrected chi connectivity index (χ0v) is 30.7. The van der Waals surface area contributed by atoms with E-state index in [1.165, 1.54) is 25.7 Å². The quantitative estimate of drug-likeness (QED) is 0.0784. The second kappa shape index (κ2) is 30.8. The summed E-state index contributed by atoms with van der Waals surface area (Å²) in [6.45, 7) is 29.6. The second-order valence-electron chi connectivity index (χ2n) is 12.0. The van der Waals surface area contributed by atoms with E-state index in [4.69, 9.17) is 21.1 Å². The van der Waals surface area contributed by atoms with Gasteiger partial charge in [-0.25, -0.2) is 0 Å². The average molecular weight is 648 g/mol. The van der Waals surface area contributed by atoms with E-state index in [2.05, 4.69) is 44.1 Å². The monoisotopic (exact) mass is 647 g/mol. The summed E-state index contributed by atoms with van der Waals surface area (Å²) in [5, 5.41) is 2.57. The maximum atomic E-state index is 11.4. The van der Waals surface area contributed by atoms with Crippen LogP contribution in [0.5, 0.6) is 0 Å². The molecular formula is C34H66ClN3O6. The van der Waals surface area contributed by atoms with Gasteiger partial charge in [0.1, 0.15) is 11.2 Å². The number of nitrogens with one attached hydrogen (secondary N) is 1. The Hall–Kier alpha value is -2.23. The number of hydrogen-bond donors (Lipinski definition) is 1. The van der Waals surface area contributed by atoms with Crippen molar-refractivity contribution < 1.29 is 28.7 Å². The number of allylic oxidation sites excluding steroid dienone is 1. The smallest absolute Gasteiger partial charge is 0.306 e. The minimum atomic E-state index is -0.509. The molecule has 0 radical (unpaired) electrons. The molecule has 0 bridgehead atoms. The summed E-state index contributed by atoms with van der Waals surface area (Å²) in [5.74, 6) is -0.304. The SMILES string of the molecule is C=CC(=O)Cl.C=CC(=O)N(C)CCCCCC(=O)OC(C)(C)C.CCN(CC)CC.CNCCCCCC(=O)OC(C)(C)C. The molecule has 0 aliphatic heterocycles. The van der Waals surface area contributed by atoms with Gasteiger partial charge in [0.2, 0.25) is 11.1 Å². The zero-order chi connectivity index (χ0) is 35.2. The maximum absolute atomic E-state index is 11.4. The third kappa shape index (κ3) is 44.2. The predicted octanol–water partition coefficient (Wildman–Crippen LogP) is 6.93. The van der Waals surface area contributed by atoms with Gasteiger partial charge in [-0.15, -0.1) is 0 Å². The van der Waals surface area contributed by atoms with E-state index in [1.807, 2.05) is 48.6 Å². The van der Waals surface area contributed by atoms with Gasteiger partial charge in [-0.2, -0.15) is 0 Å². The summed E-state index contributed by atoms with van der Waals surface area (Å²) in [4.78, 5) is 47.3. The van der Waals surface area contributed by atoms with E-state index >= 15 is 0 Å². The van der Waals surface area contributed by atoms with Gasteiger partial charge in [-0.3, -0.25) is 19.2 Å². The largest absolute Gasteiger partial charge is 0.460 e. The number of rotatable bonds is 17. The lowest BCUT2D eigenvalue weighted by molar-refractivity contribution is -0.156. The van der Waals surface area contributed by atoms with Crippen LogP contribution in [0.1, 0.15) is 114 Å². The van der Waals surface area contributed by atoms with Crippen LogP contribution in [0, 0.1) is 0 Å². The van der Waals surface area contributed by atoms with E-state index in [9.17, 15) is 19.2 Å². The van der Waals surface area contributed by atoms with Crippen LogP contribution >= 0.6 is 11.6 Å².